The zero-order chi connectivity index (χ0) is 22.8. The summed E-state index contributed by atoms with van der Waals surface area (Å²) in [5, 5.41) is 15.1. The van der Waals surface area contributed by atoms with Crippen molar-refractivity contribution in [1.82, 2.24) is 9.96 Å². The second kappa shape index (κ2) is 9.53. The number of rotatable bonds is 4. The molecule has 1 amide bonds. The largest absolute Gasteiger partial charge is 0.354 e. The summed E-state index contributed by atoms with van der Waals surface area (Å²) in [5.74, 6) is -0.181. The highest BCUT2D eigenvalue weighted by Gasteiger charge is 2.31. The number of carbonyl (C=O) groups excluding carboxylic acids is 1. The van der Waals surface area contributed by atoms with Crippen LogP contribution in [0.5, 0.6) is 0 Å². The van der Waals surface area contributed by atoms with Gasteiger partial charge in [0.2, 0.25) is 0 Å². The fourth-order valence-electron chi connectivity index (χ4n) is 4.11. The van der Waals surface area contributed by atoms with E-state index in [9.17, 15) is 14.4 Å². The molecule has 0 unspecified atom stereocenters. The van der Waals surface area contributed by atoms with Gasteiger partial charge in [0.1, 0.15) is 5.82 Å². The highest BCUT2D eigenvalue weighted by Crippen LogP contribution is 2.33. The molecule has 5 nitrogen and oxygen atoms in total. The third-order valence-electron chi connectivity index (χ3n) is 5.93. The number of nitrogens with one attached hydrogen (secondary N) is 1. The Morgan fingerprint density at radius 3 is 2.50 bits per heavy atom. The minimum Gasteiger partial charge on any atom is -0.354 e. The van der Waals surface area contributed by atoms with E-state index in [1.165, 1.54) is 18.3 Å². The van der Waals surface area contributed by atoms with Crippen molar-refractivity contribution in [2.45, 2.75) is 25.7 Å². The number of benzene rings is 2. The normalized spacial score (nSPS) is 17.5. The van der Waals surface area contributed by atoms with Gasteiger partial charge in [0.15, 0.2) is 0 Å². The number of hydrogen-bond donors (Lipinski definition) is 2. The molecule has 0 aromatic heterocycles. The van der Waals surface area contributed by atoms with Crippen LogP contribution in [-0.2, 0) is 4.79 Å². The molecule has 8 heteroatoms. The Bertz CT molecular complexity index is 1080. The van der Waals surface area contributed by atoms with Gasteiger partial charge in [0, 0.05) is 30.0 Å². The third kappa shape index (κ3) is 4.93. The number of hydrogen-bond acceptors (Lipinski definition) is 4. The maximum Gasteiger partial charge on any atom is 0.257 e. The van der Waals surface area contributed by atoms with Gasteiger partial charge in [-0.2, -0.15) is 0 Å². The number of aryl methyl sites for hydroxylation is 1. The Labute approximate surface area is 196 Å². The summed E-state index contributed by atoms with van der Waals surface area (Å²) in [7, 11) is 0. The average molecular weight is 476 g/mol. The molecule has 2 aliphatic rings. The lowest BCUT2D eigenvalue weighted by molar-refractivity contribution is -0.128. The zero-order valence-corrected chi connectivity index (χ0v) is 19.1. The molecule has 0 bridgehead atoms. The molecular formula is C24H24Cl2FN3O2. The predicted octanol–water partition coefficient (Wildman–Crippen LogP) is 5.64. The van der Waals surface area contributed by atoms with Crippen LogP contribution < -0.4 is 5.32 Å². The van der Waals surface area contributed by atoms with Crippen LogP contribution in [0.25, 0.3) is 0 Å². The number of hydroxylamine groups is 2. The van der Waals surface area contributed by atoms with E-state index in [1.54, 1.807) is 17.0 Å². The van der Waals surface area contributed by atoms with E-state index < -0.39 is 0 Å². The van der Waals surface area contributed by atoms with Crippen LogP contribution in [0.15, 0.2) is 65.0 Å². The first-order valence-electron chi connectivity index (χ1n) is 10.5. The van der Waals surface area contributed by atoms with Gasteiger partial charge in [0.25, 0.3) is 5.91 Å². The molecule has 0 aliphatic carbocycles. The standard InChI is InChI=1S/C24H24Cl2FN3O2/c1-15-2-5-18(25)12-22(15)28-23-20(13-30(32)14-21(23)26)24(31)29-10-8-17(9-11-29)16-3-6-19(27)7-4-16/h2-7,12-13,17,28,32H,8-11,14H2,1H3. The molecule has 1 fully saturated rings. The fraction of sp³-hybridized carbons (Fsp3) is 0.292. The summed E-state index contributed by atoms with van der Waals surface area (Å²) < 4.78 is 13.2. The van der Waals surface area contributed by atoms with Gasteiger partial charge in [-0.25, -0.2) is 4.39 Å². The molecule has 2 aromatic rings. The molecule has 0 radical (unpaired) electrons. The maximum absolute atomic E-state index is 13.4. The second-order valence-corrected chi connectivity index (χ2v) is 9.02. The molecule has 32 heavy (non-hydrogen) atoms. The number of likely N-dealkylation sites (tertiary alicyclic amines) is 1. The molecule has 2 N–H and O–H groups in total. The van der Waals surface area contributed by atoms with E-state index in [4.69, 9.17) is 23.2 Å². The van der Waals surface area contributed by atoms with E-state index in [0.29, 0.717) is 34.4 Å². The van der Waals surface area contributed by atoms with Gasteiger partial charge in [-0.1, -0.05) is 41.4 Å². The molecule has 0 atom stereocenters. The van der Waals surface area contributed by atoms with E-state index in [1.807, 2.05) is 25.1 Å². The van der Waals surface area contributed by atoms with Crippen molar-refractivity contribution < 1.29 is 14.4 Å². The van der Waals surface area contributed by atoms with Crippen molar-refractivity contribution in [3.63, 3.8) is 0 Å². The quantitative estimate of drug-likeness (QED) is 0.600. The van der Waals surface area contributed by atoms with Crippen LogP contribution in [-0.4, -0.2) is 40.7 Å². The van der Waals surface area contributed by atoms with Crippen molar-refractivity contribution in [3.05, 3.63) is 86.9 Å². The van der Waals surface area contributed by atoms with Gasteiger partial charge < -0.3 is 10.2 Å². The van der Waals surface area contributed by atoms with Crippen molar-refractivity contribution in [1.29, 1.82) is 0 Å². The minimum absolute atomic E-state index is 0.0763. The lowest BCUT2D eigenvalue weighted by Crippen LogP contribution is -2.41. The van der Waals surface area contributed by atoms with Crippen LogP contribution >= 0.6 is 23.2 Å². The molecular weight excluding hydrogens is 452 g/mol. The molecule has 0 saturated carbocycles. The summed E-state index contributed by atoms with van der Waals surface area (Å²) in [5.41, 5.74) is 3.53. The van der Waals surface area contributed by atoms with E-state index in [-0.39, 0.29) is 24.2 Å². The Morgan fingerprint density at radius 1 is 1.12 bits per heavy atom. The first kappa shape index (κ1) is 22.6. The smallest absolute Gasteiger partial charge is 0.257 e. The van der Waals surface area contributed by atoms with Crippen molar-refractivity contribution in [3.8, 4) is 0 Å². The Balaban J connectivity index is 1.51. The van der Waals surface area contributed by atoms with Crippen LogP contribution in [0.4, 0.5) is 10.1 Å². The summed E-state index contributed by atoms with van der Waals surface area (Å²) in [4.78, 5) is 15.2. The maximum atomic E-state index is 13.4. The molecule has 2 heterocycles. The molecule has 4 rings (SSSR count). The van der Waals surface area contributed by atoms with Gasteiger partial charge in [0.05, 0.1) is 22.8 Å². The van der Waals surface area contributed by atoms with Gasteiger partial charge >= 0.3 is 0 Å². The highest BCUT2D eigenvalue weighted by molar-refractivity contribution is 6.31. The SMILES string of the molecule is Cc1ccc(Cl)cc1NC1=C(Cl)CN(O)C=C1C(=O)N1CCC(c2ccc(F)cc2)CC1. The van der Waals surface area contributed by atoms with Crippen molar-refractivity contribution >= 4 is 34.8 Å². The summed E-state index contributed by atoms with van der Waals surface area (Å²) in [6.07, 6.45) is 2.96. The van der Waals surface area contributed by atoms with Gasteiger partial charge in [-0.15, -0.1) is 0 Å². The fourth-order valence-corrected chi connectivity index (χ4v) is 4.55. The van der Waals surface area contributed by atoms with E-state index >= 15 is 0 Å². The van der Waals surface area contributed by atoms with Crippen molar-refractivity contribution in [2.24, 2.45) is 0 Å². The summed E-state index contributed by atoms with van der Waals surface area (Å²) in [6, 6.07) is 12.0. The van der Waals surface area contributed by atoms with E-state index in [0.717, 1.165) is 34.7 Å². The Morgan fingerprint density at radius 2 is 1.81 bits per heavy atom. The number of halogens is 3. The molecule has 2 aliphatic heterocycles. The number of nitrogens with zero attached hydrogens (tertiary/aromatic N) is 2. The van der Waals surface area contributed by atoms with Gasteiger partial charge in [-0.05, 0) is 61.1 Å². The van der Waals surface area contributed by atoms with Crippen LogP contribution in [0.1, 0.15) is 29.9 Å². The number of amides is 1. The lowest BCUT2D eigenvalue weighted by Gasteiger charge is -2.34. The van der Waals surface area contributed by atoms with Gasteiger partial charge in [-0.3, -0.25) is 15.1 Å². The first-order chi connectivity index (χ1) is 15.3. The molecule has 168 valence electrons. The van der Waals surface area contributed by atoms with E-state index in [2.05, 4.69) is 5.32 Å². The Kier molecular flexibility index (Phi) is 6.74. The number of anilines is 1. The summed E-state index contributed by atoms with van der Waals surface area (Å²) >= 11 is 12.6. The third-order valence-corrected chi connectivity index (χ3v) is 6.48. The van der Waals surface area contributed by atoms with Crippen molar-refractivity contribution in [2.75, 3.05) is 25.0 Å². The van der Waals surface area contributed by atoms with Crippen LogP contribution in [0.3, 0.4) is 0 Å². The second-order valence-electron chi connectivity index (χ2n) is 8.12. The topological polar surface area (TPSA) is 55.8 Å². The highest BCUT2D eigenvalue weighted by atomic mass is 35.5. The zero-order valence-electron chi connectivity index (χ0n) is 17.6. The lowest BCUT2D eigenvalue weighted by atomic mass is 9.89. The number of carbonyl (C=O) groups is 1. The average Bonchev–Trinajstić information content (AvgIpc) is 2.78. The summed E-state index contributed by atoms with van der Waals surface area (Å²) in [6.45, 7) is 3.13. The molecule has 2 aromatic carbocycles. The minimum atomic E-state index is -0.252. The van der Waals surface area contributed by atoms with Crippen LogP contribution in [0, 0.1) is 12.7 Å². The first-order valence-corrected chi connectivity index (χ1v) is 11.2. The predicted molar refractivity (Wildman–Crippen MR) is 124 cm³/mol. The Hall–Kier alpha value is -2.54. The molecule has 0 spiro atoms. The van der Waals surface area contributed by atoms with Crippen LogP contribution in [0.2, 0.25) is 5.02 Å². The molecule has 1 saturated heterocycles. The monoisotopic (exact) mass is 475 g/mol. The number of piperidine rings is 1.